The Morgan fingerprint density at radius 2 is 2.18 bits per heavy atom. The highest BCUT2D eigenvalue weighted by Crippen LogP contribution is 2.22. The van der Waals surface area contributed by atoms with E-state index in [4.69, 9.17) is 16.7 Å². The first kappa shape index (κ1) is 12.0. The van der Waals surface area contributed by atoms with Crippen LogP contribution in [0.15, 0.2) is 24.5 Å². The third-order valence-electron chi connectivity index (χ3n) is 2.43. The first-order valence-electron chi connectivity index (χ1n) is 5.32. The van der Waals surface area contributed by atoms with Gasteiger partial charge in [0, 0.05) is 23.7 Å². The molecule has 0 aliphatic carbocycles. The molecule has 2 heterocycles. The van der Waals surface area contributed by atoms with Crippen LogP contribution in [0.25, 0.3) is 11.5 Å². The van der Waals surface area contributed by atoms with Gasteiger partial charge in [0.05, 0.1) is 11.6 Å². The molecule has 88 valence electrons. The zero-order chi connectivity index (χ0) is 12.3. The Bertz CT molecular complexity index is 531. The van der Waals surface area contributed by atoms with Gasteiger partial charge in [-0.2, -0.15) is 0 Å². The number of hydrogen-bond donors (Lipinski definition) is 1. The summed E-state index contributed by atoms with van der Waals surface area (Å²) in [5, 5.41) is 9.66. The van der Waals surface area contributed by atoms with Crippen LogP contribution in [0.4, 0.5) is 0 Å². The van der Waals surface area contributed by atoms with E-state index >= 15 is 0 Å². The Hall–Kier alpha value is -1.52. The molecule has 0 aliphatic rings. The number of halogens is 1. The SMILES string of the molecule is CCc1nc(-c2ncccc2Cl)ncc1CO. The second kappa shape index (κ2) is 5.21. The van der Waals surface area contributed by atoms with E-state index in [0.29, 0.717) is 16.5 Å². The highest BCUT2D eigenvalue weighted by molar-refractivity contribution is 6.32. The standard InChI is InChI=1S/C12H12ClN3O/c1-2-10-8(7-17)6-15-12(16-10)11-9(13)4-3-5-14-11/h3-6,17H,2,7H2,1H3. The molecule has 0 aromatic carbocycles. The molecule has 17 heavy (non-hydrogen) atoms. The minimum Gasteiger partial charge on any atom is -0.392 e. The molecular weight excluding hydrogens is 238 g/mol. The van der Waals surface area contributed by atoms with E-state index in [9.17, 15) is 0 Å². The number of aliphatic hydroxyl groups is 1. The summed E-state index contributed by atoms with van der Waals surface area (Å²) >= 11 is 6.04. The summed E-state index contributed by atoms with van der Waals surface area (Å²) in [5.41, 5.74) is 2.12. The number of aryl methyl sites for hydroxylation is 1. The molecule has 0 aliphatic heterocycles. The number of aliphatic hydroxyl groups excluding tert-OH is 1. The van der Waals surface area contributed by atoms with Crippen molar-refractivity contribution in [2.45, 2.75) is 20.0 Å². The molecule has 0 unspecified atom stereocenters. The molecule has 0 saturated heterocycles. The Labute approximate surface area is 104 Å². The largest absolute Gasteiger partial charge is 0.392 e. The van der Waals surface area contributed by atoms with Crippen LogP contribution in [-0.2, 0) is 13.0 Å². The maximum absolute atomic E-state index is 9.14. The van der Waals surface area contributed by atoms with Gasteiger partial charge < -0.3 is 5.11 Å². The molecule has 0 amide bonds. The summed E-state index contributed by atoms with van der Waals surface area (Å²) in [6.45, 7) is 1.92. The minimum absolute atomic E-state index is 0.0561. The van der Waals surface area contributed by atoms with Gasteiger partial charge >= 0.3 is 0 Å². The van der Waals surface area contributed by atoms with Crippen molar-refractivity contribution in [2.75, 3.05) is 0 Å². The van der Waals surface area contributed by atoms with Gasteiger partial charge in [0.2, 0.25) is 0 Å². The van der Waals surface area contributed by atoms with Crippen molar-refractivity contribution in [3.05, 3.63) is 40.8 Å². The third kappa shape index (κ3) is 2.43. The Kier molecular flexibility index (Phi) is 3.66. The molecule has 4 nitrogen and oxygen atoms in total. The van der Waals surface area contributed by atoms with Crippen LogP contribution < -0.4 is 0 Å². The van der Waals surface area contributed by atoms with Gasteiger partial charge in [-0.3, -0.25) is 4.98 Å². The van der Waals surface area contributed by atoms with E-state index in [0.717, 1.165) is 17.7 Å². The predicted molar refractivity (Wildman–Crippen MR) is 65.6 cm³/mol. The Balaban J connectivity index is 2.50. The molecule has 0 fully saturated rings. The minimum atomic E-state index is -0.0561. The average molecular weight is 250 g/mol. The summed E-state index contributed by atoms with van der Waals surface area (Å²) < 4.78 is 0. The van der Waals surface area contributed by atoms with E-state index in [1.54, 1.807) is 24.5 Å². The maximum atomic E-state index is 9.14. The zero-order valence-corrected chi connectivity index (χ0v) is 10.1. The number of nitrogens with zero attached hydrogens (tertiary/aromatic N) is 3. The number of pyridine rings is 1. The lowest BCUT2D eigenvalue weighted by atomic mass is 10.2. The fourth-order valence-corrected chi connectivity index (χ4v) is 1.75. The van der Waals surface area contributed by atoms with Gasteiger partial charge in [-0.15, -0.1) is 0 Å². The van der Waals surface area contributed by atoms with Crippen molar-refractivity contribution >= 4 is 11.6 Å². The Morgan fingerprint density at radius 3 is 2.82 bits per heavy atom. The first-order chi connectivity index (χ1) is 8.26. The van der Waals surface area contributed by atoms with E-state index < -0.39 is 0 Å². The monoisotopic (exact) mass is 249 g/mol. The number of aromatic nitrogens is 3. The van der Waals surface area contributed by atoms with Gasteiger partial charge in [0.15, 0.2) is 5.82 Å². The lowest BCUT2D eigenvalue weighted by Crippen LogP contribution is -2.02. The van der Waals surface area contributed by atoms with Crippen LogP contribution in [0, 0.1) is 0 Å². The molecule has 0 saturated carbocycles. The first-order valence-corrected chi connectivity index (χ1v) is 5.70. The van der Waals surface area contributed by atoms with Crippen molar-refractivity contribution in [3.63, 3.8) is 0 Å². The molecular formula is C12H12ClN3O. The highest BCUT2D eigenvalue weighted by atomic mass is 35.5. The van der Waals surface area contributed by atoms with Crippen LogP contribution in [0.5, 0.6) is 0 Å². The second-order valence-electron chi connectivity index (χ2n) is 3.51. The Morgan fingerprint density at radius 1 is 1.35 bits per heavy atom. The predicted octanol–water partition coefficient (Wildman–Crippen LogP) is 2.25. The summed E-state index contributed by atoms with van der Waals surface area (Å²) in [6.07, 6.45) is 4.00. The van der Waals surface area contributed by atoms with Crippen LogP contribution >= 0.6 is 11.6 Å². The lowest BCUT2D eigenvalue weighted by Gasteiger charge is -2.06. The van der Waals surface area contributed by atoms with Crippen molar-refractivity contribution in [3.8, 4) is 11.5 Å². The van der Waals surface area contributed by atoms with Crippen LogP contribution in [0.2, 0.25) is 5.02 Å². The van der Waals surface area contributed by atoms with Gasteiger partial charge in [0.25, 0.3) is 0 Å². The van der Waals surface area contributed by atoms with E-state index in [1.807, 2.05) is 6.92 Å². The van der Waals surface area contributed by atoms with Crippen LogP contribution in [-0.4, -0.2) is 20.1 Å². The molecule has 5 heteroatoms. The number of hydrogen-bond acceptors (Lipinski definition) is 4. The highest BCUT2D eigenvalue weighted by Gasteiger charge is 2.10. The maximum Gasteiger partial charge on any atom is 0.179 e. The molecule has 2 rings (SSSR count). The van der Waals surface area contributed by atoms with Crippen molar-refractivity contribution in [1.82, 2.24) is 15.0 Å². The molecule has 0 bridgehead atoms. The molecule has 1 N–H and O–H groups in total. The molecule has 2 aromatic heterocycles. The topological polar surface area (TPSA) is 58.9 Å². The number of rotatable bonds is 3. The lowest BCUT2D eigenvalue weighted by molar-refractivity contribution is 0.279. The normalized spacial score (nSPS) is 10.5. The second-order valence-corrected chi connectivity index (χ2v) is 3.92. The molecule has 0 atom stereocenters. The van der Waals surface area contributed by atoms with Crippen molar-refractivity contribution in [2.24, 2.45) is 0 Å². The molecule has 0 radical (unpaired) electrons. The smallest absolute Gasteiger partial charge is 0.179 e. The summed E-state index contributed by atoms with van der Waals surface area (Å²) in [6, 6.07) is 3.51. The zero-order valence-electron chi connectivity index (χ0n) is 9.39. The van der Waals surface area contributed by atoms with Gasteiger partial charge in [-0.05, 0) is 18.6 Å². The van der Waals surface area contributed by atoms with E-state index in [-0.39, 0.29) is 6.61 Å². The molecule has 0 spiro atoms. The van der Waals surface area contributed by atoms with Crippen LogP contribution in [0.3, 0.4) is 0 Å². The van der Waals surface area contributed by atoms with Crippen molar-refractivity contribution in [1.29, 1.82) is 0 Å². The average Bonchev–Trinajstić information content (AvgIpc) is 2.38. The van der Waals surface area contributed by atoms with E-state index in [2.05, 4.69) is 15.0 Å². The fraction of sp³-hybridized carbons (Fsp3) is 0.250. The fourth-order valence-electron chi connectivity index (χ4n) is 1.54. The van der Waals surface area contributed by atoms with Gasteiger partial charge in [0.1, 0.15) is 5.69 Å². The molecule has 2 aromatic rings. The quantitative estimate of drug-likeness (QED) is 0.906. The summed E-state index contributed by atoms with van der Waals surface area (Å²) in [7, 11) is 0. The third-order valence-corrected chi connectivity index (χ3v) is 2.73. The van der Waals surface area contributed by atoms with E-state index in [1.165, 1.54) is 0 Å². The summed E-state index contributed by atoms with van der Waals surface area (Å²) in [5.74, 6) is 0.490. The van der Waals surface area contributed by atoms with Gasteiger partial charge in [-0.1, -0.05) is 18.5 Å². The van der Waals surface area contributed by atoms with Gasteiger partial charge in [-0.25, -0.2) is 9.97 Å². The summed E-state index contributed by atoms with van der Waals surface area (Å²) in [4.78, 5) is 12.7. The van der Waals surface area contributed by atoms with Crippen molar-refractivity contribution < 1.29 is 5.11 Å². The van der Waals surface area contributed by atoms with Crippen LogP contribution in [0.1, 0.15) is 18.2 Å².